The number of carbonyl (C=O) groups excluding carboxylic acids is 4. The molecule has 1 aliphatic heterocycles. The van der Waals surface area contributed by atoms with Crippen molar-refractivity contribution < 1.29 is 23.9 Å². The number of carbonyl (C=O) groups is 4. The second kappa shape index (κ2) is 9.60. The molecule has 0 spiro atoms. The third kappa shape index (κ3) is 4.53. The molecule has 8 nitrogen and oxygen atoms in total. The fraction of sp³-hybridized carbons (Fsp3) is 0.0400. The van der Waals surface area contributed by atoms with Crippen LogP contribution in [0, 0.1) is 0 Å². The molecule has 0 aromatic heterocycles. The summed E-state index contributed by atoms with van der Waals surface area (Å²) in [4.78, 5) is 50.3. The van der Waals surface area contributed by atoms with E-state index in [0.717, 1.165) is 4.90 Å². The number of rotatable bonds is 6. The largest absolute Gasteiger partial charge is 0.465 e. The van der Waals surface area contributed by atoms with Crippen LogP contribution in [0.5, 0.6) is 0 Å². The maximum absolute atomic E-state index is 12.8. The molecule has 3 amide bonds. The van der Waals surface area contributed by atoms with Gasteiger partial charge in [0, 0.05) is 16.9 Å². The molecule has 0 radical (unpaired) electrons. The number of anilines is 3. The van der Waals surface area contributed by atoms with Gasteiger partial charge in [-0.15, -0.1) is 0 Å². The van der Waals surface area contributed by atoms with E-state index in [1.165, 1.54) is 7.11 Å². The Hall–Kier alpha value is -4.43. The SMILES string of the molecule is COC(=O)c1ccc(NC(=O)c2ccc(NC3=C(Cl)C(=O)N(c4ccccc4)C3=O)cc2)cc1. The van der Waals surface area contributed by atoms with Crippen LogP contribution in [-0.2, 0) is 14.3 Å². The third-order valence-electron chi connectivity index (χ3n) is 5.02. The van der Waals surface area contributed by atoms with Gasteiger partial charge in [0.1, 0.15) is 10.7 Å². The van der Waals surface area contributed by atoms with Gasteiger partial charge in [0.05, 0.1) is 18.4 Å². The predicted octanol–water partition coefficient (Wildman–Crippen LogP) is 4.16. The summed E-state index contributed by atoms with van der Waals surface area (Å²) < 4.78 is 4.65. The highest BCUT2D eigenvalue weighted by Gasteiger charge is 2.38. The van der Waals surface area contributed by atoms with Gasteiger partial charge >= 0.3 is 5.97 Å². The van der Waals surface area contributed by atoms with Gasteiger partial charge in [0.15, 0.2) is 0 Å². The molecule has 4 rings (SSSR count). The summed E-state index contributed by atoms with van der Waals surface area (Å²) in [5.74, 6) is -2.02. The van der Waals surface area contributed by atoms with Crippen molar-refractivity contribution in [1.29, 1.82) is 0 Å². The summed E-state index contributed by atoms with van der Waals surface area (Å²) in [5.41, 5.74) is 2.09. The Balaban J connectivity index is 1.43. The highest BCUT2D eigenvalue weighted by molar-refractivity contribution is 6.53. The fourth-order valence-electron chi connectivity index (χ4n) is 3.28. The van der Waals surface area contributed by atoms with Crippen molar-refractivity contribution in [3.63, 3.8) is 0 Å². The molecule has 0 aliphatic carbocycles. The van der Waals surface area contributed by atoms with Gasteiger partial charge in [-0.1, -0.05) is 29.8 Å². The number of para-hydroxylation sites is 1. The first-order valence-corrected chi connectivity index (χ1v) is 10.5. The quantitative estimate of drug-likeness (QED) is 0.409. The third-order valence-corrected chi connectivity index (χ3v) is 5.37. The zero-order chi connectivity index (χ0) is 24.2. The minimum Gasteiger partial charge on any atom is -0.465 e. The van der Waals surface area contributed by atoms with Crippen LogP contribution in [-0.4, -0.2) is 30.8 Å². The molecule has 9 heteroatoms. The maximum atomic E-state index is 12.8. The molecule has 3 aromatic rings. The normalized spacial score (nSPS) is 13.2. The zero-order valence-corrected chi connectivity index (χ0v) is 18.6. The van der Waals surface area contributed by atoms with Gasteiger partial charge in [0.25, 0.3) is 17.7 Å². The van der Waals surface area contributed by atoms with Crippen LogP contribution >= 0.6 is 11.6 Å². The first-order chi connectivity index (χ1) is 16.4. The second-order valence-corrected chi connectivity index (χ2v) is 7.57. The highest BCUT2D eigenvalue weighted by Crippen LogP contribution is 2.30. The first-order valence-electron chi connectivity index (χ1n) is 10.1. The van der Waals surface area contributed by atoms with Gasteiger partial charge < -0.3 is 15.4 Å². The molecular weight excluding hydrogens is 458 g/mol. The minimum atomic E-state index is -0.616. The number of amides is 3. The topological polar surface area (TPSA) is 105 Å². The average Bonchev–Trinajstić information content (AvgIpc) is 3.07. The smallest absolute Gasteiger partial charge is 0.337 e. The molecule has 170 valence electrons. The lowest BCUT2D eigenvalue weighted by molar-refractivity contribution is -0.120. The summed E-state index contributed by atoms with van der Waals surface area (Å²) in [7, 11) is 1.29. The number of nitrogens with zero attached hydrogens (tertiary/aromatic N) is 1. The van der Waals surface area contributed by atoms with Crippen molar-refractivity contribution in [2.75, 3.05) is 22.6 Å². The van der Waals surface area contributed by atoms with E-state index in [2.05, 4.69) is 15.4 Å². The van der Waals surface area contributed by atoms with E-state index < -0.39 is 17.8 Å². The summed E-state index contributed by atoms with van der Waals surface area (Å²) in [5, 5.41) is 5.38. The van der Waals surface area contributed by atoms with Crippen LogP contribution in [0.25, 0.3) is 0 Å². The molecule has 1 heterocycles. The molecule has 3 aromatic carbocycles. The number of ether oxygens (including phenoxy) is 1. The molecule has 0 saturated carbocycles. The molecule has 0 bridgehead atoms. The van der Waals surface area contributed by atoms with Crippen LogP contribution in [0.2, 0.25) is 0 Å². The Morgan fingerprint density at radius 1 is 0.794 bits per heavy atom. The van der Waals surface area contributed by atoms with Crippen molar-refractivity contribution >= 4 is 52.4 Å². The van der Waals surface area contributed by atoms with Gasteiger partial charge in [-0.25, -0.2) is 9.69 Å². The van der Waals surface area contributed by atoms with Crippen LogP contribution in [0.3, 0.4) is 0 Å². The van der Waals surface area contributed by atoms with Crippen LogP contribution in [0.15, 0.2) is 89.6 Å². The van der Waals surface area contributed by atoms with Crippen LogP contribution in [0.1, 0.15) is 20.7 Å². The van der Waals surface area contributed by atoms with Gasteiger partial charge in [-0.3, -0.25) is 14.4 Å². The van der Waals surface area contributed by atoms with Crippen molar-refractivity contribution in [2.45, 2.75) is 0 Å². The summed E-state index contributed by atoms with van der Waals surface area (Å²) in [6.07, 6.45) is 0. The molecule has 0 unspecified atom stereocenters. The number of nitrogens with one attached hydrogen (secondary N) is 2. The monoisotopic (exact) mass is 475 g/mol. The van der Waals surface area contributed by atoms with E-state index in [4.69, 9.17) is 11.6 Å². The van der Waals surface area contributed by atoms with E-state index in [-0.39, 0.29) is 16.6 Å². The Morgan fingerprint density at radius 2 is 1.38 bits per heavy atom. The molecule has 1 aliphatic rings. The molecule has 0 atom stereocenters. The van der Waals surface area contributed by atoms with Gasteiger partial charge in [-0.05, 0) is 60.7 Å². The van der Waals surface area contributed by atoms with Crippen molar-refractivity contribution in [3.8, 4) is 0 Å². The van der Waals surface area contributed by atoms with E-state index >= 15 is 0 Å². The molecule has 0 saturated heterocycles. The Morgan fingerprint density at radius 3 is 2.00 bits per heavy atom. The van der Waals surface area contributed by atoms with Crippen molar-refractivity contribution in [1.82, 2.24) is 0 Å². The highest BCUT2D eigenvalue weighted by atomic mass is 35.5. The van der Waals surface area contributed by atoms with E-state index in [0.29, 0.717) is 28.2 Å². The van der Waals surface area contributed by atoms with Gasteiger partial charge in [0.2, 0.25) is 0 Å². The van der Waals surface area contributed by atoms with E-state index in [1.807, 2.05) is 0 Å². The Kier molecular flexibility index (Phi) is 6.42. The summed E-state index contributed by atoms with van der Waals surface area (Å²) in [6, 6.07) is 21.1. The molecular formula is C25H18ClN3O5. The number of benzene rings is 3. The number of methoxy groups -OCH3 is 1. The Bertz CT molecular complexity index is 1300. The lowest BCUT2D eigenvalue weighted by atomic mass is 10.1. The number of hydrogen-bond donors (Lipinski definition) is 2. The van der Waals surface area contributed by atoms with Gasteiger partial charge in [-0.2, -0.15) is 0 Å². The lowest BCUT2D eigenvalue weighted by Crippen LogP contribution is -2.32. The summed E-state index contributed by atoms with van der Waals surface area (Å²) >= 11 is 6.14. The molecule has 0 fully saturated rings. The second-order valence-electron chi connectivity index (χ2n) is 7.20. The lowest BCUT2D eigenvalue weighted by Gasteiger charge is -2.15. The van der Waals surface area contributed by atoms with Crippen molar-refractivity contribution in [2.24, 2.45) is 0 Å². The molecule has 2 N–H and O–H groups in total. The van der Waals surface area contributed by atoms with E-state index in [1.54, 1.807) is 78.9 Å². The maximum Gasteiger partial charge on any atom is 0.337 e. The Labute approximate surface area is 199 Å². The number of esters is 1. The summed E-state index contributed by atoms with van der Waals surface area (Å²) in [6.45, 7) is 0. The van der Waals surface area contributed by atoms with Crippen LogP contribution in [0.4, 0.5) is 17.1 Å². The minimum absolute atomic E-state index is 0.0431. The predicted molar refractivity (Wildman–Crippen MR) is 128 cm³/mol. The zero-order valence-electron chi connectivity index (χ0n) is 17.9. The van der Waals surface area contributed by atoms with E-state index in [9.17, 15) is 19.2 Å². The number of imide groups is 1. The standard InChI is InChI=1S/C25H18ClN3O5/c1-34-25(33)16-9-13-18(14-10-16)28-22(30)15-7-11-17(12-8-15)27-21-20(26)23(31)29(24(21)32)19-5-3-2-4-6-19/h2-14,27H,1H3,(H,28,30). The first kappa shape index (κ1) is 22.8. The number of halogens is 1. The van der Waals surface area contributed by atoms with Crippen LogP contribution < -0.4 is 15.5 Å². The molecule has 34 heavy (non-hydrogen) atoms. The number of hydrogen-bond acceptors (Lipinski definition) is 6. The average molecular weight is 476 g/mol. The van der Waals surface area contributed by atoms with Crippen molar-refractivity contribution in [3.05, 3.63) is 101 Å². The fourth-order valence-corrected chi connectivity index (χ4v) is 3.50.